The lowest BCUT2D eigenvalue weighted by Gasteiger charge is -2.14. The first-order valence-corrected chi connectivity index (χ1v) is 5.25. The summed E-state index contributed by atoms with van der Waals surface area (Å²) in [6.07, 6.45) is 0.920. The van der Waals surface area contributed by atoms with Gasteiger partial charge in [0.05, 0.1) is 18.1 Å². The highest BCUT2D eigenvalue weighted by Crippen LogP contribution is 2.07. The van der Waals surface area contributed by atoms with Crippen LogP contribution in [-0.2, 0) is 14.3 Å². The van der Waals surface area contributed by atoms with E-state index in [0.29, 0.717) is 6.61 Å². The quantitative estimate of drug-likeness (QED) is 0.620. The first kappa shape index (κ1) is 13.4. The number of carbonyl (C=O) groups excluding carboxylic acids is 1. The Kier molecular flexibility index (Phi) is 6.54. The lowest BCUT2D eigenvalue weighted by atomic mass is 10.1. The van der Waals surface area contributed by atoms with Crippen LogP contribution in [0, 0.1) is 5.92 Å². The van der Waals surface area contributed by atoms with Gasteiger partial charge in [0.2, 0.25) is 0 Å². The van der Waals surface area contributed by atoms with Gasteiger partial charge in [-0.2, -0.15) is 0 Å². The summed E-state index contributed by atoms with van der Waals surface area (Å²) in [5.74, 6) is -0.205. The molecule has 0 fully saturated rings. The summed E-state index contributed by atoms with van der Waals surface area (Å²) in [6, 6.07) is 0. The van der Waals surface area contributed by atoms with Crippen molar-refractivity contribution in [2.45, 2.75) is 53.2 Å². The van der Waals surface area contributed by atoms with E-state index in [9.17, 15) is 4.79 Å². The molecule has 0 N–H and O–H groups in total. The van der Waals surface area contributed by atoms with Crippen LogP contribution in [0.15, 0.2) is 0 Å². The fraction of sp³-hybridized carbons (Fsp3) is 0.909. The first-order chi connectivity index (χ1) is 6.43. The SMILES string of the molecule is CC(C)OCC[C@@H](C)C(=O)OC(C)C. The largest absolute Gasteiger partial charge is 0.463 e. The first-order valence-electron chi connectivity index (χ1n) is 5.25. The van der Waals surface area contributed by atoms with E-state index in [2.05, 4.69) is 0 Å². The molecule has 0 aromatic rings. The van der Waals surface area contributed by atoms with E-state index in [1.165, 1.54) is 0 Å². The number of esters is 1. The van der Waals surface area contributed by atoms with Crippen LogP contribution < -0.4 is 0 Å². The van der Waals surface area contributed by atoms with Crippen LogP contribution in [0.4, 0.5) is 0 Å². The molecule has 0 bridgehead atoms. The van der Waals surface area contributed by atoms with Gasteiger partial charge in [0.1, 0.15) is 0 Å². The third kappa shape index (κ3) is 6.89. The van der Waals surface area contributed by atoms with Crippen molar-refractivity contribution < 1.29 is 14.3 Å². The number of carbonyl (C=O) groups is 1. The lowest BCUT2D eigenvalue weighted by molar-refractivity contribution is -0.152. The summed E-state index contributed by atoms with van der Waals surface area (Å²) >= 11 is 0. The molecule has 3 nitrogen and oxygen atoms in total. The molecule has 0 aliphatic heterocycles. The molecule has 0 radical (unpaired) electrons. The maximum Gasteiger partial charge on any atom is 0.308 e. The maximum atomic E-state index is 11.4. The van der Waals surface area contributed by atoms with E-state index in [4.69, 9.17) is 9.47 Å². The number of rotatable bonds is 6. The van der Waals surface area contributed by atoms with Gasteiger partial charge in [-0.05, 0) is 34.1 Å². The second kappa shape index (κ2) is 6.82. The van der Waals surface area contributed by atoms with Gasteiger partial charge in [0, 0.05) is 6.61 Å². The third-order valence-corrected chi connectivity index (χ3v) is 1.76. The Hall–Kier alpha value is -0.570. The summed E-state index contributed by atoms with van der Waals surface area (Å²) in [5, 5.41) is 0. The highest BCUT2D eigenvalue weighted by molar-refractivity contribution is 5.72. The molecule has 0 aliphatic rings. The van der Waals surface area contributed by atoms with Crippen LogP contribution in [-0.4, -0.2) is 24.8 Å². The van der Waals surface area contributed by atoms with Crippen LogP contribution in [0.2, 0.25) is 0 Å². The second-order valence-corrected chi connectivity index (χ2v) is 4.09. The van der Waals surface area contributed by atoms with Gasteiger partial charge in [-0.1, -0.05) is 6.92 Å². The van der Waals surface area contributed by atoms with Gasteiger partial charge >= 0.3 is 5.97 Å². The van der Waals surface area contributed by atoms with Crippen LogP contribution in [0.5, 0.6) is 0 Å². The molecule has 0 unspecified atom stereocenters. The fourth-order valence-electron chi connectivity index (χ4n) is 0.947. The standard InChI is InChI=1S/C11H22O3/c1-8(2)13-7-6-10(5)11(12)14-9(3)4/h8-10H,6-7H2,1-5H3/t10-/m1/s1. The molecule has 0 aromatic heterocycles. The molecule has 0 amide bonds. The fourth-order valence-corrected chi connectivity index (χ4v) is 0.947. The van der Waals surface area contributed by atoms with Crippen molar-refractivity contribution in [3.8, 4) is 0 Å². The van der Waals surface area contributed by atoms with E-state index < -0.39 is 0 Å². The molecule has 1 atom stereocenters. The topological polar surface area (TPSA) is 35.5 Å². The highest BCUT2D eigenvalue weighted by atomic mass is 16.5. The number of ether oxygens (including phenoxy) is 2. The molecule has 0 rings (SSSR count). The van der Waals surface area contributed by atoms with Gasteiger partial charge in [0.25, 0.3) is 0 Å². The molecular formula is C11H22O3. The predicted octanol–water partition coefficient (Wildman–Crippen LogP) is 2.39. The Morgan fingerprint density at radius 3 is 2.07 bits per heavy atom. The second-order valence-electron chi connectivity index (χ2n) is 4.09. The monoisotopic (exact) mass is 202 g/mol. The Bertz CT molecular complexity index is 164. The average Bonchev–Trinajstić information content (AvgIpc) is 2.01. The Balaban J connectivity index is 3.62. The number of hydrogen-bond donors (Lipinski definition) is 0. The van der Waals surface area contributed by atoms with Crippen molar-refractivity contribution in [2.75, 3.05) is 6.61 Å². The van der Waals surface area contributed by atoms with Crippen molar-refractivity contribution >= 4 is 5.97 Å². The van der Waals surface area contributed by atoms with Gasteiger partial charge in [0.15, 0.2) is 0 Å². The lowest BCUT2D eigenvalue weighted by Crippen LogP contribution is -2.20. The zero-order chi connectivity index (χ0) is 11.1. The van der Waals surface area contributed by atoms with Crippen molar-refractivity contribution in [1.29, 1.82) is 0 Å². The van der Waals surface area contributed by atoms with Crippen LogP contribution >= 0.6 is 0 Å². The van der Waals surface area contributed by atoms with E-state index >= 15 is 0 Å². The minimum atomic E-state index is -0.132. The molecule has 3 heteroatoms. The minimum Gasteiger partial charge on any atom is -0.463 e. The molecule has 0 saturated carbocycles. The van der Waals surface area contributed by atoms with E-state index in [-0.39, 0.29) is 24.1 Å². The summed E-state index contributed by atoms with van der Waals surface area (Å²) in [7, 11) is 0. The summed E-state index contributed by atoms with van der Waals surface area (Å²) in [5.41, 5.74) is 0. The van der Waals surface area contributed by atoms with Crippen molar-refractivity contribution in [3.05, 3.63) is 0 Å². The van der Waals surface area contributed by atoms with E-state index in [0.717, 1.165) is 6.42 Å². The Labute approximate surface area is 86.8 Å². The summed E-state index contributed by atoms with van der Waals surface area (Å²) in [4.78, 5) is 11.4. The van der Waals surface area contributed by atoms with Gasteiger partial charge in [-0.3, -0.25) is 4.79 Å². The van der Waals surface area contributed by atoms with Crippen LogP contribution in [0.3, 0.4) is 0 Å². The van der Waals surface area contributed by atoms with Gasteiger partial charge in [-0.15, -0.1) is 0 Å². The summed E-state index contributed by atoms with van der Waals surface area (Å²) < 4.78 is 10.4. The molecule has 14 heavy (non-hydrogen) atoms. The van der Waals surface area contributed by atoms with E-state index in [1.807, 2.05) is 34.6 Å². The van der Waals surface area contributed by atoms with Gasteiger partial charge in [-0.25, -0.2) is 0 Å². The van der Waals surface area contributed by atoms with E-state index in [1.54, 1.807) is 0 Å². The van der Waals surface area contributed by atoms with Gasteiger partial charge < -0.3 is 9.47 Å². The molecule has 0 aromatic carbocycles. The molecule has 0 heterocycles. The molecule has 0 spiro atoms. The Morgan fingerprint density at radius 1 is 1.07 bits per heavy atom. The zero-order valence-electron chi connectivity index (χ0n) is 9.87. The van der Waals surface area contributed by atoms with Crippen molar-refractivity contribution in [2.24, 2.45) is 5.92 Å². The van der Waals surface area contributed by atoms with Crippen molar-refractivity contribution in [1.82, 2.24) is 0 Å². The van der Waals surface area contributed by atoms with Crippen molar-refractivity contribution in [3.63, 3.8) is 0 Å². The highest BCUT2D eigenvalue weighted by Gasteiger charge is 2.15. The third-order valence-electron chi connectivity index (χ3n) is 1.76. The number of hydrogen-bond acceptors (Lipinski definition) is 3. The minimum absolute atomic E-state index is 0.0315. The Morgan fingerprint density at radius 2 is 1.64 bits per heavy atom. The molecule has 0 saturated heterocycles. The molecular weight excluding hydrogens is 180 g/mol. The predicted molar refractivity (Wildman–Crippen MR) is 56.1 cm³/mol. The smallest absolute Gasteiger partial charge is 0.308 e. The normalized spacial score (nSPS) is 13.4. The molecule has 0 aliphatic carbocycles. The van der Waals surface area contributed by atoms with Crippen LogP contribution in [0.1, 0.15) is 41.0 Å². The summed E-state index contributed by atoms with van der Waals surface area (Å²) in [6.45, 7) is 10.2. The zero-order valence-corrected chi connectivity index (χ0v) is 9.87. The average molecular weight is 202 g/mol. The van der Waals surface area contributed by atoms with Crippen LogP contribution in [0.25, 0.3) is 0 Å². The molecule has 84 valence electrons. The maximum absolute atomic E-state index is 11.4.